The van der Waals surface area contributed by atoms with Crippen molar-refractivity contribution in [1.82, 2.24) is 14.9 Å². The number of nitrogens with one attached hydrogen (secondary N) is 1. The van der Waals surface area contributed by atoms with Crippen molar-refractivity contribution in [3.8, 4) is 5.75 Å². The van der Waals surface area contributed by atoms with Crippen molar-refractivity contribution in [2.45, 2.75) is 10.9 Å². The molecule has 0 saturated carbocycles. The normalized spacial score (nSPS) is 10.5. The van der Waals surface area contributed by atoms with E-state index >= 15 is 0 Å². The zero-order chi connectivity index (χ0) is 18.5. The lowest BCUT2D eigenvalue weighted by Crippen LogP contribution is -2.32. The fraction of sp³-hybridized carbons (Fsp3) is 0.118. The predicted molar refractivity (Wildman–Crippen MR) is 104 cm³/mol. The topological polar surface area (TPSA) is 95.1 Å². The Morgan fingerprint density at radius 1 is 1.23 bits per heavy atom. The maximum atomic E-state index is 12.4. The van der Waals surface area contributed by atoms with Crippen LogP contribution >= 0.6 is 23.4 Å². The van der Waals surface area contributed by atoms with Gasteiger partial charge in [0.1, 0.15) is 5.75 Å². The van der Waals surface area contributed by atoms with Gasteiger partial charge in [0.15, 0.2) is 0 Å². The van der Waals surface area contributed by atoms with E-state index in [0.29, 0.717) is 27.4 Å². The van der Waals surface area contributed by atoms with E-state index in [4.69, 9.17) is 22.2 Å². The largest absolute Gasteiger partial charge is 0.497 e. The van der Waals surface area contributed by atoms with Crippen LogP contribution in [-0.4, -0.2) is 22.0 Å². The van der Waals surface area contributed by atoms with E-state index in [1.807, 2.05) is 12.1 Å². The summed E-state index contributed by atoms with van der Waals surface area (Å²) in [4.78, 5) is 12.4. The second kappa shape index (κ2) is 8.11. The molecular formula is C17H16ClN5O2S. The van der Waals surface area contributed by atoms with Crippen LogP contribution in [0.2, 0.25) is 5.02 Å². The molecule has 3 N–H and O–H groups in total. The molecule has 0 spiro atoms. The molecule has 3 rings (SSSR count). The van der Waals surface area contributed by atoms with Gasteiger partial charge in [-0.3, -0.25) is 4.79 Å². The molecule has 0 aliphatic carbocycles. The van der Waals surface area contributed by atoms with Crippen LogP contribution in [0.5, 0.6) is 5.75 Å². The van der Waals surface area contributed by atoms with E-state index in [-0.39, 0.29) is 5.82 Å². The molecule has 2 aromatic carbocycles. The third-order valence-electron chi connectivity index (χ3n) is 3.48. The number of methoxy groups -OCH3 is 1. The molecule has 1 aromatic heterocycles. The van der Waals surface area contributed by atoms with Gasteiger partial charge in [-0.25, -0.2) is 0 Å². The average Bonchev–Trinajstić information content (AvgIpc) is 2.66. The van der Waals surface area contributed by atoms with Crippen molar-refractivity contribution in [3.63, 3.8) is 0 Å². The number of halogens is 1. The molecule has 7 nitrogen and oxygen atoms in total. The van der Waals surface area contributed by atoms with Crippen LogP contribution in [0.1, 0.15) is 5.56 Å². The lowest BCUT2D eigenvalue weighted by molar-refractivity contribution is 0.415. The molecule has 9 heteroatoms. The SMILES string of the molecule is COc1cccc(Nc2nnc(SCc3ccc(Cl)cc3)n(N)c2=O)c1. The zero-order valence-electron chi connectivity index (χ0n) is 13.8. The number of anilines is 2. The molecule has 0 saturated heterocycles. The maximum Gasteiger partial charge on any atom is 0.315 e. The number of aromatic nitrogens is 3. The smallest absolute Gasteiger partial charge is 0.315 e. The molecule has 0 unspecified atom stereocenters. The highest BCUT2D eigenvalue weighted by Crippen LogP contribution is 2.21. The van der Waals surface area contributed by atoms with Crippen molar-refractivity contribution in [2.75, 3.05) is 18.3 Å². The number of nitrogen functional groups attached to an aromatic ring is 1. The molecule has 1 heterocycles. The molecule has 0 aliphatic rings. The third kappa shape index (κ3) is 4.27. The maximum absolute atomic E-state index is 12.4. The summed E-state index contributed by atoms with van der Waals surface area (Å²) in [5, 5.41) is 11.9. The van der Waals surface area contributed by atoms with E-state index in [2.05, 4.69) is 15.5 Å². The molecule has 134 valence electrons. The summed E-state index contributed by atoms with van der Waals surface area (Å²) in [5.74, 6) is 7.16. The average molecular weight is 390 g/mol. The minimum atomic E-state index is -0.471. The summed E-state index contributed by atoms with van der Waals surface area (Å²) in [7, 11) is 1.57. The second-order valence-electron chi connectivity index (χ2n) is 5.28. The minimum Gasteiger partial charge on any atom is -0.497 e. The number of ether oxygens (including phenoxy) is 1. The van der Waals surface area contributed by atoms with Gasteiger partial charge in [-0.15, -0.1) is 10.2 Å². The quantitative estimate of drug-likeness (QED) is 0.494. The summed E-state index contributed by atoms with van der Waals surface area (Å²) >= 11 is 7.18. The monoisotopic (exact) mass is 389 g/mol. The van der Waals surface area contributed by atoms with E-state index in [1.54, 1.807) is 43.5 Å². The first kappa shape index (κ1) is 18.1. The number of thioether (sulfide) groups is 1. The molecule has 0 bridgehead atoms. The standard InChI is InChI=1S/C17H16ClN5O2S/c1-25-14-4-2-3-13(9-14)20-15-16(24)23(19)17(22-21-15)26-10-11-5-7-12(18)8-6-11/h2-9H,10,19H2,1H3,(H,20,21). The first-order valence-electron chi connectivity index (χ1n) is 7.60. The van der Waals surface area contributed by atoms with Gasteiger partial charge in [-0.1, -0.05) is 41.6 Å². The summed E-state index contributed by atoms with van der Waals surface area (Å²) in [6.07, 6.45) is 0. The number of hydrogen-bond acceptors (Lipinski definition) is 7. The lowest BCUT2D eigenvalue weighted by atomic mass is 10.2. The van der Waals surface area contributed by atoms with E-state index in [0.717, 1.165) is 10.2 Å². The Kier molecular flexibility index (Phi) is 5.65. The highest BCUT2D eigenvalue weighted by atomic mass is 35.5. The van der Waals surface area contributed by atoms with Gasteiger partial charge in [-0.2, -0.15) is 4.68 Å². The van der Waals surface area contributed by atoms with Gasteiger partial charge in [0.25, 0.3) is 0 Å². The van der Waals surface area contributed by atoms with Crippen LogP contribution in [0, 0.1) is 0 Å². The Morgan fingerprint density at radius 2 is 2.00 bits per heavy atom. The van der Waals surface area contributed by atoms with Crippen LogP contribution in [0.25, 0.3) is 0 Å². The Balaban J connectivity index is 1.75. The van der Waals surface area contributed by atoms with Gasteiger partial charge in [0.2, 0.25) is 11.0 Å². The molecule has 0 aliphatic heterocycles. The zero-order valence-corrected chi connectivity index (χ0v) is 15.4. The number of nitrogens with two attached hydrogens (primary N) is 1. The van der Waals surface area contributed by atoms with Gasteiger partial charge >= 0.3 is 5.56 Å². The van der Waals surface area contributed by atoms with Crippen LogP contribution in [0.3, 0.4) is 0 Å². The highest BCUT2D eigenvalue weighted by molar-refractivity contribution is 7.98. The van der Waals surface area contributed by atoms with E-state index in [1.165, 1.54) is 11.8 Å². The predicted octanol–water partition coefficient (Wildman–Crippen LogP) is 3.05. The molecular weight excluding hydrogens is 374 g/mol. The first-order chi connectivity index (χ1) is 12.6. The fourth-order valence-corrected chi connectivity index (χ4v) is 3.06. The van der Waals surface area contributed by atoms with Gasteiger partial charge in [0, 0.05) is 22.5 Å². The summed E-state index contributed by atoms with van der Waals surface area (Å²) < 4.78 is 6.13. The van der Waals surface area contributed by atoms with E-state index < -0.39 is 5.56 Å². The van der Waals surface area contributed by atoms with Crippen molar-refractivity contribution in [2.24, 2.45) is 0 Å². The molecule has 0 radical (unpaired) electrons. The second-order valence-corrected chi connectivity index (χ2v) is 6.66. The first-order valence-corrected chi connectivity index (χ1v) is 8.96. The fourth-order valence-electron chi connectivity index (χ4n) is 2.13. The third-order valence-corrected chi connectivity index (χ3v) is 4.74. The number of hydrogen-bond donors (Lipinski definition) is 2. The lowest BCUT2D eigenvalue weighted by Gasteiger charge is -2.09. The Hall–Kier alpha value is -2.71. The van der Waals surface area contributed by atoms with Gasteiger partial charge in [-0.05, 0) is 29.8 Å². The van der Waals surface area contributed by atoms with Gasteiger partial charge in [0.05, 0.1) is 7.11 Å². The van der Waals surface area contributed by atoms with Crippen molar-refractivity contribution in [3.05, 3.63) is 69.5 Å². The molecule has 0 atom stereocenters. The number of rotatable bonds is 6. The molecule has 26 heavy (non-hydrogen) atoms. The number of nitrogens with zero attached hydrogens (tertiary/aromatic N) is 3. The summed E-state index contributed by atoms with van der Waals surface area (Å²) in [5.41, 5.74) is 1.21. The number of benzene rings is 2. The summed E-state index contributed by atoms with van der Waals surface area (Å²) in [6.45, 7) is 0. The minimum absolute atomic E-state index is 0.0385. The molecule has 0 fully saturated rings. The van der Waals surface area contributed by atoms with Crippen LogP contribution in [0.15, 0.2) is 58.5 Å². The van der Waals surface area contributed by atoms with Crippen LogP contribution in [-0.2, 0) is 5.75 Å². The summed E-state index contributed by atoms with van der Waals surface area (Å²) in [6, 6.07) is 14.5. The van der Waals surface area contributed by atoms with Crippen molar-refractivity contribution >= 4 is 34.9 Å². The Labute approximate surface area is 159 Å². The van der Waals surface area contributed by atoms with Crippen molar-refractivity contribution in [1.29, 1.82) is 0 Å². The van der Waals surface area contributed by atoms with E-state index in [9.17, 15) is 4.79 Å². The highest BCUT2D eigenvalue weighted by Gasteiger charge is 2.11. The Morgan fingerprint density at radius 3 is 2.73 bits per heavy atom. The van der Waals surface area contributed by atoms with Crippen LogP contribution < -0.4 is 21.5 Å². The van der Waals surface area contributed by atoms with Crippen LogP contribution in [0.4, 0.5) is 11.5 Å². The van der Waals surface area contributed by atoms with Gasteiger partial charge < -0.3 is 15.9 Å². The molecule has 3 aromatic rings. The van der Waals surface area contributed by atoms with Crippen molar-refractivity contribution < 1.29 is 4.74 Å². The Bertz CT molecular complexity index is 962. The molecule has 0 amide bonds.